The molecule has 0 bridgehead atoms. The van der Waals surface area contributed by atoms with Crippen molar-refractivity contribution < 1.29 is 14.3 Å². The van der Waals surface area contributed by atoms with Gasteiger partial charge in [-0.2, -0.15) is 0 Å². The number of hydrogen-bond donors (Lipinski definition) is 2. The number of nitrogens with zero attached hydrogens (tertiary/aromatic N) is 2. The Morgan fingerprint density at radius 3 is 2.96 bits per heavy atom. The molecule has 27 heavy (non-hydrogen) atoms. The van der Waals surface area contributed by atoms with E-state index in [0.717, 1.165) is 12.2 Å². The first kappa shape index (κ1) is 18.7. The number of ether oxygens (including phenoxy) is 1. The van der Waals surface area contributed by atoms with Crippen LogP contribution >= 0.6 is 0 Å². The summed E-state index contributed by atoms with van der Waals surface area (Å²) in [7, 11) is 0. The molecule has 3 rings (SSSR count). The molecule has 7 nitrogen and oxygen atoms in total. The van der Waals surface area contributed by atoms with Gasteiger partial charge in [0.2, 0.25) is 0 Å². The Hall–Kier alpha value is -3.09. The maximum Gasteiger partial charge on any atom is 0.329 e. The van der Waals surface area contributed by atoms with Gasteiger partial charge in [-0.3, -0.25) is 20.0 Å². The normalized spacial score (nSPS) is 28.3. The summed E-state index contributed by atoms with van der Waals surface area (Å²) in [5.41, 5.74) is 1.18. The number of allylic oxidation sites excluding steroid dienone is 4. The number of carbonyl (C=O) groups is 2. The van der Waals surface area contributed by atoms with Crippen molar-refractivity contribution in [3.8, 4) is 0 Å². The molecule has 1 aliphatic carbocycles. The molecule has 0 aromatic rings. The van der Waals surface area contributed by atoms with Gasteiger partial charge in [-0.05, 0) is 37.1 Å². The highest BCUT2D eigenvalue weighted by molar-refractivity contribution is 6.05. The molecule has 2 unspecified atom stereocenters. The van der Waals surface area contributed by atoms with Gasteiger partial charge in [0.15, 0.2) is 0 Å². The van der Waals surface area contributed by atoms with Gasteiger partial charge in [-0.15, -0.1) is 0 Å². The number of rotatable bonds is 5. The highest BCUT2D eigenvalue weighted by atomic mass is 16.5. The second kappa shape index (κ2) is 8.53. The Bertz CT molecular complexity index is 776. The lowest BCUT2D eigenvalue weighted by Gasteiger charge is -2.29. The molecule has 2 N–H and O–H groups in total. The number of imide groups is 1. The van der Waals surface area contributed by atoms with Crippen LogP contribution in [0.1, 0.15) is 19.8 Å². The van der Waals surface area contributed by atoms with Crippen molar-refractivity contribution in [3.63, 3.8) is 0 Å². The van der Waals surface area contributed by atoms with E-state index in [-0.39, 0.29) is 11.8 Å². The van der Waals surface area contributed by atoms with E-state index >= 15 is 0 Å². The molecule has 0 radical (unpaired) electrons. The number of aliphatic imine (C=N–C) groups is 1. The Labute approximate surface area is 158 Å². The van der Waals surface area contributed by atoms with Gasteiger partial charge in [-0.25, -0.2) is 4.79 Å². The first-order chi connectivity index (χ1) is 13.1. The smallest absolute Gasteiger partial charge is 0.329 e. The average Bonchev–Trinajstić information content (AvgIpc) is 3.00. The van der Waals surface area contributed by atoms with Crippen LogP contribution in [0.3, 0.4) is 0 Å². The van der Waals surface area contributed by atoms with Crippen molar-refractivity contribution in [2.75, 3.05) is 13.2 Å². The fraction of sp³-hybridized carbons (Fsp3) is 0.350. The molecule has 0 aromatic carbocycles. The van der Waals surface area contributed by atoms with Crippen LogP contribution in [0.15, 0.2) is 65.2 Å². The van der Waals surface area contributed by atoms with Crippen LogP contribution in [0.4, 0.5) is 4.79 Å². The summed E-state index contributed by atoms with van der Waals surface area (Å²) in [6, 6.07) is -1.05. The Morgan fingerprint density at radius 2 is 2.22 bits per heavy atom. The molecule has 0 saturated carbocycles. The zero-order chi connectivity index (χ0) is 19.2. The summed E-state index contributed by atoms with van der Waals surface area (Å²) in [6.45, 7) is 7.08. The lowest BCUT2D eigenvalue weighted by molar-refractivity contribution is -0.122. The van der Waals surface area contributed by atoms with Gasteiger partial charge >= 0.3 is 6.03 Å². The summed E-state index contributed by atoms with van der Waals surface area (Å²) in [5.74, 6) is 0.371. The van der Waals surface area contributed by atoms with Crippen LogP contribution in [0.2, 0.25) is 0 Å². The van der Waals surface area contributed by atoms with E-state index in [2.05, 4.69) is 29.1 Å². The van der Waals surface area contributed by atoms with Gasteiger partial charge in [0.1, 0.15) is 11.8 Å². The second-order valence-corrected chi connectivity index (χ2v) is 6.46. The van der Waals surface area contributed by atoms with E-state index < -0.39 is 12.1 Å². The number of amides is 3. The minimum Gasteiger partial charge on any atom is -0.494 e. The summed E-state index contributed by atoms with van der Waals surface area (Å²) in [6.07, 6.45) is 14.3. The topological polar surface area (TPSA) is 83.0 Å². The summed E-state index contributed by atoms with van der Waals surface area (Å²) in [5, 5.41) is 5.37. The monoisotopic (exact) mass is 368 g/mol. The van der Waals surface area contributed by atoms with E-state index in [9.17, 15) is 9.59 Å². The molecular weight excluding hydrogens is 344 g/mol. The van der Waals surface area contributed by atoms with Crippen molar-refractivity contribution in [2.24, 2.45) is 10.9 Å². The second-order valence-electron chi connectivity index (χ2n) is 6.46. The molecule has 2 atom stereocenters. The Kier molecular flexibility index (Phi) is 5.90. The van der Waals surface area contributed by atoms with Gasteiger partial charge in [0, 0.05) is 17.3 Å². The molecular formula is C20H24N4O3. The zero-order valence-electron chi connectivity index (χ0n) is 15.4. The molecule has 3 aliphatic rings. The van der Waals surface area contributed by atoms with E-state index in [4.69, 9.17) is 4.74 Å². The van der Waals surface area contributed by atoms with Crippen LogP contribution in [-0.4, -0.2) is 42.4 Å². The maximum atomic E-state index is 12.5. The molecule has 1 fully saturated rings. The number of urea groups is 1. The molecule has 142 valence electrons. The third kappa shape index (κ3) is 4.36. The zero-order valence-corrected chi connectivity index (χ0v) is 15.4. The van der Waals surface area contributed by atoms with Gasteiger partial charge in [0.25, 0.3) is 5.91 Å². The average molecular weight is 368 g/mol. The Balaban J connectivity index is 1.83. The van der Waals surface area contributed by atoms with Crippen LogP contribution < -0.4 is 10.6 Å². The predicted octanol–water partition coefficient (Wildman–Crippen LogP) is 2.38. The van der Waals surface area contributed by atoms with Gasteiger partial charge < -0.3 is 10.1 Å². The summed E-state index contributed by atoms with van der Waals surface area (Å²) < 4.78 is 5.63. The molecule has 0 spiro atoms. The standard InChI is InChI=1S/C20H24N4O3/c1-3-11-27-17-8-6-15(7-9-17)18-19(25)23-20(26)24(18)16-5-4-10-21-13-22-14(2)12-16/h4-6,8-9,12-13,15,18H,2-3,7,10-11H2,1H3,(H,21,22)(H,23,25,26)/b5-4-,16-12+. The summed E-state index contributed by atoms with van der Waals surface area (Å²) >= 11 is 0. The minimum absolute atomic E-state index is 0.134. The minimum atomic E-state index is -0.622. The third-order valence-electron chi connectivity index (χ3n) is 4.41. The van der Waals surface area contributed by atoms with Crippen LogP contribution in [0.25, 0.3) is 0 Å². The first-order valence-electron chi connectivity index (χ1n) is 9.07. The summed E-state index contributed by atoms with van der Waals surface area (Å²) in [4.78, 5) is 30.7. The van der Waals surface area contributed by atoms with Crippen molar-refractivity contribution >= 4 is 18.3 Å². The highest BCUT2D eigenvalue weighted by Crippen LogP contribution is 2.30. The highest BCUT2D eigenvalue weighted by Gasteiger charge is 2.43. The van der Waals surface area contributed by atoms with Crippen molar-refractivity contribution in [3.05, 3.63) is 60.2 Å². The van der Waals surface area contributed by atoms with E-state index in [1.807, 2.05) is 24.3 Å². The first-order valence-corrected chi connectivity index (χ1v) is 9.07. The number of hydrogen-bond acceptors (Lipinski definition) is 5. The van der Waals surface area contributed by atoms with Gasteiger partial charge in [0.05, 0.1) is 19.5 Å². The predicted molar refractivity (Wildman–Crippen MR) is 104 cm³/mol. The lowest BCUT2D eigenvalue weighted by atomic mass is 9.91. The fourth-order valence-corrected chi connectivity index (χ4v) is 3.16. The largest absolute Gasteiger partial charge is 0.494 e. The Morgan fingerprint density at radius 1 is 1.37 bits per heavy atom. The van der Waals surface area contributed by atoms with Crippen molar-refractivity contribution in [1.29, 1.82) is 0 Å². The van der Waals surface area contributed by atoms with E-state index in [0.29, 0.717) is 31.0 Å². The fourth-order valence-electron chi connectivity index (χ4n) is 3.16. The maximum absolute atomic E-state index is 12.5. The third-order valence-corrected chi connectivity index (χ3v) is 4.41. The van der Waals surface area contributed by atoms with Crippen LogP contribution in [0.5, 0.6) is 0 Å². The molecule has 7 heteroatoms. The SMILES string of the molecule is C=C1/C=C(N2C(=O)NC(=O)C2C2C=CC(OCCC)=CC2)\C=C/CN=CN1. The van der Waals surface area contributed by atoms with Gasteiger partial charge in [-0.1, -0.05) is 25.7 Å². The number of nitrogens with one attached hydrogen (secondary N) is 2. The molecule has 2 heterocycles. The molecule has 0 aromatic heterocycles. The molecule has 1 saturated heterocycles. The van der Waals surface area contributed by atoms with Crippen molar-refractivity contribution in [1.82, 2.24) is 15.5 Å². The van der Waals surface area contributed by atoms with E-state index in [1.54, 1.807) is 18.5 Å². The van der Waals surface area contributed by atoms with Crippen LogP contribution in [0, 0.1) is 5.92 Å². The quantitative estimate of drug-likeness (QED) is 0.730. The number of carbonyl (C=O) groups excluding carboxylic acids is 2. The molecule has 2 aliphatic heterocycles. The van der Waals surface area contributed by atoms with Crippen molar-refractivity contribution in [2.45, 2.75) is 25.8 Å². The van der Waals surface area contributed by atoms with Crippen LogP contribution in [-0.2, 0) is 9.53 Å². The lowest BCUT2D eigenvalue weighted by Crippen LogP contribution is -2.39. The molecule has 3 amide bonds. The van der Waals surface area contributed by atoms with E-state index in [1.165, 1.54) is 4.90 Å².